The second kappa shape index (κ2) is 6.79. The summed E-state index contributed by atoms with van der Waals surface area (Å²) in [7, 11) is 0. The molecule has 2 unspecified atom stereocenters. The second-order valence-electron chi connectivity index (χ2n) is 6.49. The van der Waals surface area contributed by atoms with E-state index in [0.717, 1.165) is 37.4 Å². The first-order chi connectivity index (χ1) is 12.6. The summed E-state index contributed by atoms with van der Waals surface area (Å²) in [5.74, 6) is -3.37. The fourth-order valence-electron chi connectivity index (χ4n) is 3.55. The number of halogens is 1. The minimum absolute atomic E-state index is 0.0641. The van der Waals surface area contributed by atoms with E-state index in [1.165, 1.54) is 0 Å². The molecular formula is C16H18ClN3O5S. The predicted octanol–water partition coefficient (Wildman–Crippen LogP) is 2.15. The van der Waals surface area contributed by atoms with Crippen LogP contribution in [0.3, 0.4) is 0 Å². The molecule has 0 amide bonds. The van der Waals surface area contributed by atoms with Crippen molar-refractivity contribution in [3.63, 3.8) is 0 Å². The van der Waals surface area contributed by atoms with Crippen molar-refractivity contribution in [2.75, 3.05) is 19.7 Å². The van der Waals surface area contributed by atoms with Crippen LogP contribution >= 0.6 is 23.3 Å². The van der Waals surface area contributed by atoms with Crippen LogP contribution in [0.5, 0.6) is 5.88 Å². The van der Waals surface area contributed by atoms with E-state index in [1.54, 1.807) is 0 Å². The van der Waals surface area contributed by atoms with E-state index < -0.39 is 17.8 Å². The van der Waals surface area contributed by atoms with Crippen LogP contribution in [0.15, 0.2) is 5.03 Å². The molecule has 2 bridgehead atoms. The van der Waals surface area contributed by atoms with Gasteiger partial charge in [-0.1, -0.05) is 24.9 Å². The van der Waals surface area contributed by atoms with Gasteiger partial charge < -0.3 is 14.2 Å². The fraction of sp³-hybridized carbons (Fsp3) is 0.625. The maximum Gasteiger partial charge on any atom is 0.422 e. The molecule has 0 radical (unpaired) electrons. The number of aromatic nitrogens is 2. The van der Waals surface area contributed by atoms with Gasteiger partial charge in [-0.15, -0.1) is 4.37 Å². The third kappa shape index (κ3) is 2.69. The number of esters is 2. The Bertz CT molecular complexity index is 764. The van der Waals surface area contributed by atoms with Gasteiger partial charge in [0, 0.05) is 24.0 Å². The molecule has 1 spiro atoms. The molecule has 0 N–H and O–H groups in total. The molecule has 1 aromatic rings. The molecule has 2 saturated heterocycles. The first-order valence-corrected chi connectivity index (χ1v) is 9.75. The van der Waals surface area contributed by atoms with E-state index in [2.05, 4.69) is 15.7 Å². The molecule has 1 aromatic heterocycles. The summed E-state index contributed by atoms with van der Waals surface area (Å²) < 4.78 is 25.1. The number of carbonyl (C=O) groups is 2. The zero-order valence-corrected chi connectivity index (χ0v) is 15.8. The Labute approximate surface area is 159 Å². The van der Waals surface area contributed by atoms with Crippen LogP contribution in [0.4, 0.5) is 0 Å². The van der Waals surface area contributed by atoms with Gasteiger partial charge in [0.25, 0.3) is 5.88 Å². The van der Waals surface area contributed by atoms with Gasteiger partial charge in [-0.05, 0) is 19.3 Å². The average Bonchev–Trinajstić information content (AvgIpc) is 3.20. The molecule has 26 heavy (non-hydrogen) atoms. The van der Waals surface area contributed by atoms with Gasteiger partial charge >= 0.3 is 17.8 Å². The van der Waals surface area contributed by atoms with Gasteiger partial charge in [0.05, 0.1) is 18.3 Å². The SMILES string of the molecule is CCCCOc1nsnc1C1=C(Cl)C2CCCN(C2)C12OC(=O)C(=O)O2. The van der Waals surface area contributed by atoms with Gasteiger partial charge in [0.15, 0.2) is 5.69 Å². The molecule has 2 fully saturated rings. The maximum atomic E-state index is 11.9. The number of piperidine rings is 1. The molecule has 0 aliphatic carbocycles. The predicted molar refractivity (Wildman–Crippen MR) is 92.3 cm³/mol. The summed E-state index contributed by atoms with van der Waals surface area (Å²) in [6.07, 6.45) is 3.61. The Kier molecular flexibility index (Phi) is 4.62. The Balaban J connectivity index is 1.80. The second-order valence-corrected chi connectivity index (χ2v) is 7.42. The summed E-state index contributed by atoms with van der Waals surface area (Å²) in [5.41, 5.74) is 0.727. The number of carbonyl (C=O) groups excluding carboxylic acids is 2. The molecule has 0 aromatic carbocycles. The Morgan fingerprint density at radius 1 is 1.35 bits per heavy atom. The normalized spacial score (nSPS) is 26.8. The van der Waals surface area contributed by atoms with Gasteiger partial charge in [0.2, 0.25) is 0 Å². The molecule has 3 aliphatic heterocycles. The zero-order chi connectivity index (χ0) is 18.3. The Hall–Kier alpha value is -1.71. The highest BCUT2D eigenvalue weighted by Crippen LogP contribution is 2.51. The minimum atomic E-state index is -1.68. The Morgan fingerprint density at radius 2 is 2.12 bits per heavy atom. The quantitative estimate of drug-likeness (QED) is 0.422. The number of unbranched alkanes of at least 4 members (excludes halogenated alkanes) is 1. The van der Waals surface area contributed by atoms with E-state index in [0.29, 0.717) is 41.9 Å². The van der Waals surface area contributed by atoms with Crippen LogP contribution in [0.1, 0.15) is 38.3 Å². The minimum Gasteiger partial charge on any atom is -0.475 e. The monoisotopic (exact) mass is 399 g/mol. The maximum absolute atomic E-state index is 11.9. The number of hydrogen-bond donors (Lipinski definition) is 0. The summed E-state index contributed by atoms with van der Waals surface area (Å²) in [6.45, 7) is 3.71. The van der Waals surface area contributed by atoms with E-state index in [9.17, 15) is 9.59 Å². The fourth-order valence-corrected chi connectivity index (χ4v) is 4.45. The molecule has 2 atom stereocenters. The van der Waals surface area contributed by atoms with E-state index in [4.69, 9.17) is 25.8 Å². The molecule has 0 saturated carbocycles. The third-order valence-corrected chi connectivity index (χ3v) is 5.82. The van der Waals surface area contributed by atoms with Crippen LogP contribution in [0.25, 0.3) is 5.57 Å². The van der Waals surface area contributed by atoms with E-state index >= 15 is 0 Å². The van der Waals surface area contributed by atoms with Crippen molar-refractivity contribution in [1.29, 1.82) is 0 Å². The number of hydrogen-bond acceptors (Lipinski definition) is 9. The standard InChI is InChI=1S/C16H18ClN3O5S/c1-2-3-7-23-13-12(18-26-19-13)10-11(17)9-5-4-6-20(8-9)16(10)24-14(21)15(22)25-16/h9H,2-8H2,1H3. The summed E-state index contributed by atoms with van der Waals surface area (Å²) in [5, 5.41) is 0.483. The number of rotatable bonds is 5. The molecule has 4 rings (SSSR count). The van der Waals surface area contributed by atoms with Crippen LogP contribution in [0, 0.1) is 5.92 Å². The van der Waals surface area contributed by atoms with Crippen molar-refractivity contribution in [2.45, 2.75) is 38.5 Å². The molecular weight excluding hydrogens is 382 g/mol. The number of fused-ring (bicyclic) bond motifs is 3. The van der Waals surface area contributed by atoms with Crippen molar-refractivity contribution >= 4 is 40.8 Å². The lowest BCUT2D eigenvalue weighted by Gasteiger charge is -2.46. The smallest absolute Gasteiger partial charge is 0.422 e. The lowest BCUT2D eigenvalue weighted by molar-refractivity contribution is -0.224. The van der Waals surface area contributed by atoms with Crippen molar-refractivity contribution < 1.29 is 23.8 Å². The summed E-state index contributed by atoms with van der Waals surface area (Å²) in [6, 6.07) is 0. The Morgan fingerprint density at radius 3 is 2.85 bits per heavy atom. The van der Waals surface area contributed by atoms with Crippen LogP contribution in [0.2, 0.25) is 0 Å². The molecule has 10 heteroatoms. The van der Waals surface area contributed by atoms with Crippen molar-refractivity contribution in [3.05, 3.63) is 10.7 Å². The van der Waals surface area contributed by atoms with Crippen molar-refractivity contribution in [2.24, 2.45) is 5.92 Å². The van der Waals surface area contributed by atoms with Gasteiger partial charge in [-0.25, -0.2) is 14.5 Å². The van der Waals surface area contributed by atoms with Gasteiger partial charge in [0.1, 0.15) is 5.57 Å². The lowest BCUT2D eigenvalue weighted by atomic mass is 9.87. The van der Waals surface area contributed by atoms with Gasteiger partial charge in [-0.2, -0.15) is 4.37 Å². The highest BCUT2D eigenvalue weighted by Gasteiger charge is 2.61. The highest BCUT2D eigenvalue weighted by molar-refractivity contribution is 6.99. The molecule has 3 aliphatic rings. The number of ether oxygens (including phenoxy) is 3. The van der Waals surface area contributed by atoms with Crippen LogP contribution in [-0.2, 0) is 19.1 Å². The third-order valence-electron chi connectivity index (χ3n) is 4.81. The molecule has 140 valence electrons. The van der Waals surface area contributed by atoms with E-state index in [1.807, 2.05) is 4.90 Å². The highest BCUT2D eigenvalue weighted by atomic mass is 35.5. The van der Waals surface area contributed by atoms with E-state index in [-0.39, 0.29) is 5.92 Å². The van der Waals surface area contributed by atoms with Gasteiger partial charge in [-0.3, -0.25) is 0 Å². The number of nitrogens with zero attached hydrogens (tertiary/aromatic N) is 3. The average molecular weight is 400 g/mol. The summed E-state index contributed by atoms with van der Waals surface area (Å²) in [4.78, 5) is 25.6. The lowest BCUT2D eigenvalue weighted by Crippen LogP contribution is -2.58. The molecule has 4 heterocycles. The van der Waals surface area contributed by atoms with Crippen molar-refractivity contribution in [3.8, 4) is 5.88 Å². The molecule has 8 nitrogen and oxygen atoms in total. The first-order valence-electron chi connectivity index (χ1n) is 8.64. The summed E-state index contributed by atoms with van der Waals surface area (Å²) >= 11 is 7.66. The first kappa shape index (κ1) is 17.7. The largest absolute Gasteiger partial charge is 0.475 e. The van der Waals surface area contributed by atoms with Crippen molar-refractivity contribution in [1.82, 2.24) is 13.6 Å². The topological polar surface area (TPSA) is 90.9 Å². The van der Waals surface area contributed by atoms with Crippen LogP contribution in [-0.4, -0.2) is 51.2 Å². The zero-order valence-electron chi connectivity index (χ0n) is 14.2. The van der Waals surface area contributed by atoms with Crippen LogP contribution < -0.4 is 4.74 Å².